The Morgan fingerprint density at radius 2 is 1.76 bits per heavy atom. The van der Waals surface area contributed by atoms with Gasteiger partial charge in [-0.2, -0.15) is 0 Å². The molecule has 2 aromatic rings. The van der Waals surface area contributed by atoms with E-state index in [1.807, 2.05) is 6.92 Å². The Balaban J connectivity index is 2.14. The summed E-state index contributed by atoms with van der Waals surface area (Å²) in [6, 6.07) is 11.2. The van der Waals surface area contributed by atoms with E-state index in [0.29, 0.717) is 54.7 Å². The second-order valence-corrected chi connectivity index (χ2v) is 8.49. The second kappa shape index (κ2) is 13.0. The van der Waals surface area contributed by atoms with Crippen LogP contribution in [0.5, 0.6) is 17.2 Å². The van der Waals surface area contributed by atoms with Gasteiger partial charge in [0.15, 0.2) is 11.5 Å². The highest BCUT2D eigenvalue weighted by molar-refractivity contribution is 6.46. The smallest absolute Gasteiger partial charge is 0.295 e. The van der Waals surface area contributed by atoms with Crippen LogP contribution in [0.1, 0.15) is 37.9 Å². The summed E-state index contributed by atoms with van der Waals surface area (Å²) >= 11 is 0. The molecule has 1 heterocycles. The van der Waals surface area contributed by atoms with Gasteiger partial charge in [0.05, 0.1) is 25.3 Å². The van der Waals surface area contributed by atoms with Crippen molar-refractivity contribution >= 4 is 17.4 Å². The fourth-order valence-corrected chi connectivity index (χ4v) is 4.38. The van der Waals surface area contributed by atoms with E-state index in [4.69, 9.17) is 14.2 Å². The first kappa shape index (κ1) is 27.8. The van der Waals surface area contributed by atoms with Gasteiger partial charge >= 0.3 is 0 Å². The first-order valence-electron chi connectivity index (χ1n) is 12.6. The van der Waals surface area contributed by atoms with Crippen molar-refractivity contribution in [2.45, 2.75) is 26.8 Å². The number of amides is 1. The second-order valence-electron chi connectivity index (χ2n) is 8.49. The number of hydrogen-bond acceptors (Lipinski definition) is 7. The number of aliphatic hydroxyl groups excluding tert-OH is 1. The number of carbonyl (C=O) groups is 2. The van der Waals surface area contributed by atoms with Gasteiger partial charge in [-0.15, -0.1) is 0 Å². The summed E-state index contributed by atoms with van der Waals surface area (Å²) in [4.78, 5) is 30.3. The largest absolute Gasteiger partial charge is 0.507 e. The molecule has 1 saturated heterocycles. The zero-order valence-corrected chi connectivity index (χ0v) is 22.0. The van der Waals surface area contributed by atoms with Gasteiger partial charge in [0.2, 0.25) is 0 Å². The van der Waals surface area contributed by atoms with Gasteiger partial charge < -0.3 is 29.1 Å². The van der Waals surface area contributed by atoms with Crippen LogP contribution in [0.25, 0.3) is 5.76 Å². The number of likely N-dealkylation sites (N-methyl/N-ethyl adjacent to an activating group) is 1. The van der Waals surface area contributed by atoms with Crippen LogP contribution in [0.4, 0.5) is 0 Å². The predicted octanol–water partition coefficient (Wildman–Crippen LogP) is 4.42. The minimum absolute atomic E-state index is 0.0388. The molecule has 1 N–H and O–H groups in total. The van der Waals surface area contributed by atoms with E-state index in [-0.39, 0.29) is 11.3 Å². The molecular formula is C29H36N2O6. The molecule has 1 aliphatic rings. The van der Waals surface area contributed by atoms with Crippen molar-refractivity contribution in [3.8, 4) is 17.2 Å². The molecule has 1 unspecified atom stereocenters. The van der Waals surface area contributed by atoms with Gasteiger partial charge in [-0.1, -0.05) is 32.6 Å². The molecule has 0 aliphatic carbocycles. The third kappa shape index (κ3) is 6.14. The van der Waals surface area contributed by atoms with Crippen molar-refractivity contribution in [1.82, 2.24) is 9.80 Å². The highest BCUT2D eigenvalue weighted by Gasteiger charge is 2.46. The summed E-state index contributed by atoms with van der Waals surface area (Å²) in [5.41, 5.74) is 1.10. The maximum atomic E-state index is 13.3. The fraction of sp³-hybridized carbons (Fsp3) is 0.379. The number of methoxy groups -OCH3 is 1. The zero-order chi connectivity index (χ0) is 26.9. The van der Waals surface area contributed by atoms with E-state index in [1.54, 1.807) is 55.7 Å². The maximum Gasteiger partial charge on any atom is 0.295 e. The SMILES string of the molecule is C=CCOc1ccc(C2C(=C(O)c3ccc(OC)cc3)C(=O)C(=O)N2CCN(CC)CC)cc1OCC. The molecule has 3 rings (SSSR count). The molecule has 1 fully saturated rings. The van der Waals surface area contributed by atoms with Crippen LogP contribution in [0.3, 0.4) is 0 Å². The van der Waals surface area contributed by atoms with Crippen molar-refractivity contribution in [2.75, 3.05) is 46.5 Å². The molecule has 0 radical (unpaired) electrons. The number of ketones is 1. The van der Waals surface area contributed by atoms with Crippen LogP contribution in [-0.2, 0) is 9.59 Å². The number of benzene rings is 2. The maximum absolute atomic E-state index is 13.3. The number of Topliss-reactive ketones (excluding diaryl/α,β-unsaturated/α-hetero) is 1. The Hall–Kier alpha value is -3.78. The van der Waals surface area contributed by atoms with E-state index in [1.165, 1.54) is 4.90 Å². The Kier molecular flexibility index (Phi) is 9.74. The lowest BCUT2D eigenvalue weighted by atomic mass is 9.95. The average molecular weight is 509 g/mol. The number of likely N-dealkylation sites (tertiary alicyclic amines) is 1. The highest BCUT2D eigenvalue weighted by atomic mass is 16.5. The zero-order valence-electron chi connectivity index (χ0n) is 22.0. The van der Waals surface area contributed by atoms with Crippen molar-refractivity contribution in [3.05, 3.63) is 71.8 Å². The van der Waals surface area contributed by atoms with Gasteiger partial charge in [-0.25, -0.2) is 0 Å². The van der Waals surface area contributed by atoms with Gasteiger partial charge in [0.25, 0.3) is 11.7 Å². The summed E-state index contributed by atoms with van der Waals surface area (Å²) in [6.07, 6.45) is 1.64. The van der Waals surface area contributed by atoms with Crippen LogP contribution in [0.15, 0.2) is 60.7 Å². The molecule has 0 spiro atoms. The minimum Gasteiger partial charge on any atom is -0.507 e. The molecule has 2 aromatic carbocycles. The molecule has 8 nitrogen and oxygen atoms in total. The van der Waals surface area contributed by atoms with Gasteiger partial charge in [0, 0.05) is 18.7 Å². The van der Waals surface area contributed by atoms with Crippen LogP contribution < -0.4 is 14.2 Å². The predicted molar refractivity (Wildman–Crippen MR) is 143 cm³/mol. The Labute approximate surface area is 218 Å². The highest BCUT2D eigenvalue weighted by Crippen LogP contribution is 2.42. The van der Waals surface area contributed by atoms with Gasteiger partial charge in [-0.05, 0) is 62.0 Å². The summed E-state index contributed by atoms with van der Waals surface area (Å²) in [6.45, 7) is 12.9. The van der Waals surface area contributed by atoms with Crippen molar-refractivity contribution < 1.29 is 28.9 Å². The number of rotatable bonds is 13. The number of ether oxygens (including phenoxy) is 3. The average Bonchev–Trinajstić information content (AvgIpc) is 3.17. The molecule has 0 bridgehead atoms. The molecular weight excluding hydrogens is 472 g/mol. The van der Waals surface area contributed by atoms with Gasteiger partial charge in [-0.3, -0.25) is 9.59 Å². The topological polar surface area (TPSA) is 88.5 Å². The summed E-state index contributed by atoms with van der Waals surface area (Å²) in [7, 11) is 1.55. The number of hydrogen-bond donors (Lipinski definition) is 1. The van der Waals surface area contributed by atoms with Crippen LogP contribution in [0.2, 0.25) is 0 Å². The van der Waals surface area contributed by atoms with Crippen LogP contribution >= 0.6 is 0 Å². The quantitative estimate of drug-likeness (QED) is 0.185. The third-order valence-corrected chi connectivity index (χ3v) is 6.40. The molecule has 0 aromatic heterocycles. The molecule has 198 valence electrons. The van der Waals surface area contributed by atoms with Crippen molar-refractivity contribution in [1.29, 1.82) is 0 Å². The number of aliphatic hydroxyl groups is 1. The molecule has 0 saturated carbocycles. The van der Waals surface area contributed by atoms with Crippen molar-refractivity contribution in [2.24, 2.45) is 0 Å². The molecule has 1 aliphatic heterocycles. The monoisotopic (exact) mass is 508 g/mol. The molecule has 8 heteroatoms. The van der Waals surface area contributed by atoms with E-state index >= 15 is 0 Å². The Bertz CT molecular complexity index is 1140. The van der Waals surface area contributed by atoms with Crippen LogP contribution in [-0.4, -0.2) is 73.1 Å². The third-order valence-electron chi connectivity index (χ3n) is 6.40. The minimum atomic E-state index is -0.787. The number of nitrogens with zero attached hydrogens (tertiary/aromatic N) is 2. The molecule has 1 atom stereocenters. The lowest BCUT2D eigenvalue weighted by Gasteiger charge is -2.28. The Morgan fingerprint density at radius 3 is 2.35 bits per heavy atom. The molecule has 37 heavy (non-hydrogen) atoms. The summed E-state index contributed by atoms with van der Waals surface area (Å²) in [5.74, 6) is 0.0341. The van der Waals surface area contributed by atoms with E-state index < -0.39 is 17.7 Å². The standard InChI is InChI=1S/C29H36N2O6/c1-6-18-37-23-15-12-21(19-24(23)36-9-4)26-25(27(32)20-10-13-22(35-5)14-11-20)28(33)29(34)31(26)17-16-30(7-2)8-3/h6,10-15,19,26,32H,1,7-9,16-18H2,2-5H3. The normalized spacial score (nSPS) is 16.8. The van der Waals surface area contributed by atoms with E-state index in [0.717, 1.165) is 13.1 Å². The first-order chi connectivity index (χ1) is 17.9. The fourth-order valence-electron chi connectivity index (χ4n) is 4.38. The van der Waals surface area contributed by atoms with E-state index in [9.17, 15) is 14.7 Å². The first-order valence-corrected chi connectivity index (χ1v) is 12.6. The summed E-state index contributed by atoms with van der Waals surface area (Å²) < 4.78 is 16.7. The lowest BCUT2D eigenvalue weighted by Crippen LogP contribution is -2.38. The lowest BCUT2D eigenvalue weighted by molar-refractivity contribution is -0.140. The molecule has 1 amide bonds. The summed E-state index contributed by atoms with van der Waals surface area (Å²) in [5, 5.41) is 11.3. The Morgan fingerprint density at radius 1 is 1.05 bits per heavy atom. The number of carbonyl (C=O) groups excluding carboxylic acids is 2. The van der Waals surface area contributed by atoms with Crippen LogP contribution in [0, 0.1) is 0 Å². The van der Waals surface area contributed by atoms with Gasteiger partial charge in [0.1, 0.15) is 18.1 Å². The van der Waals surface area contributed by atoms with E-state index in [2.05, 4.69) is 25.3 Å². The van der Waals surface area contributed by atoms with Crippen molar-refractivity contribution in [3.63, 3.8) is 0 Å².